The van der Waals surface area contributed by atoms with Gasteiger partial charge in [0.25, 0.3) is 0 Å². The topological polar surface area (TPSA) is 46.2 Å². The van der Waals surface area contributed by atoms with E-state index in [9.17, 15) is 8.42 Å². The maximum atomic E-state index is 12.2. The zero-order valence-corrected chi connectivity index (χ0v) is 14.2. The quantitative estimate of drug-likeness (QED) is 0.818. The standard InChI is InChI=1S/C15H22BrNO2S/c1-12(13-5-3-2-4-6-13)11-20(18,19)17-15-9-7-14(16)8-10-15/h2-6,12,14-15,17H,7-11H2,1H3. The van der Waals surface area contributed by atoms with E-state index in [1.165, 1.54) is 0 Å². The SMILES string of the molecule is CC(CS(=O)(=O)NC1CCC(Br)CC1)c1ccccc1. The zero-order valence-electron chi connectivity index (χ0n) is 11.8. The molecule has 3 nitrogen and oxygen atoms in total. The zero-order chi connectivity index (χ0) is 14.6. The molecule has 20 heavy (non-hydrogen) atoms. The van der Waals surface area contributed by atoms with Gasteiger partial charge in [0.05, 0.1) is 5.75 Å². The summed E-state index contributed by atoms with van der Waals surface area (Å²) < 4.78 is 27.4. The van der Waals surface area contributed by atoms with Gasteiger partial charge in [0.1, 0.15) is 0 Å². The van der Waals surface area contributed by atoms with Crippen LogP contribution >= 0.6 is 15.9 Å². The Kier molecular flexibility index (Phi) is 5.64. The Bertz CT molecular complexity index is 510. The van der Waals surface area contributed by atoms with Crippen LogP contribution in [0, 0.1) is 0 Å². The van der Waals surface area contributed by atoms with Crippen molar-refractivity contribution < 1.29 is 8.42 Å². The molecule has 1 atom stereocenters. The van der Waals surface area contributed by atoms with E-state index in [-0.39, 0.29) is 17.7 Å². The minimum absolute atomic E-state index is 0.0150. The second-order valence-electron chi connectivity index (χ2n) is 5.66. The van der Waals surface area contributed by atoms with E-state index >= 15 is 0 Å². The van der Waals surface area contributed by atoms with Crippen molar-refractivity contribution in [2.45, 2.75) is 49.4 Å². The van der Waals surface area contributed by atoms with Crippen LogP contribution in [0.1, 0.15) is 44.1 Å². The highest BCUT2D eigenvalue weighted by Gasteiger charge is 2.25. The first-order chi connectivity index (χ1) is 9.46. The number of benzene rings is 1. The predicted octanol–water partition coefficient (Wildman–Crippen LogP) is 3.42. The van der Waals surface area contributed by atoms with Crippen molar-refractivity contribution in [3.05, 3.63) is 35.9 Å². The highest BCUT2D eigenvalue weighted by atomic mass is 79.9. The Morgan fingerprint density at radius 1 is 1.20 bits per heavy atom. The van der Waals surface area contributed by atoms with Gasteiger partial charge in [-0.2, -0.15) is 0 Å². The van der Waals surface area contributed by atoms with E-state index in [0.717, 1.165) is 31.2 Å². The lowest BCUT2D eigenvalue weighted by atomic mass is 9.96. The van der Waals surface area contributed by atoms with Crippen molar-refractivity contribution in [1.29, 1.82) is 0 Å². The van der Waals surface area contributed by atoms with Gasteiger partial charge in [-0.15, -0.1) is 0 Å². The number of hydrogen-bond donors (Lipinski definition) is 1. The molecule has 1 aliphatic rings. The summed E-state index contributed by atoms with van der Waals surface area (Å²) in [7, 11) is -3.21. The van der Waals surface area contributed by atoms with Gasteiger partial charge in [0.2, 0.25) is 10.0 Å². The van der Waals surface area contributed by atoms with E-state index in [4.69, 9.17) is 0 Å². The average Bonchev–Trinajstić information content (AvgIpc) is 2.41. The lowest BCUT2D eigenvalue weighted by Crippen LogP contribution is -2.39. The number of halogens is 1. The van der Waals surface area contributed by atoms with E-state index in [0.29, 0.717) is 4.83 Å². The number of hydrogen-bond acceptors (Lipinski definition) is 2. The molecular formula is C15H22BrNO2S. The molecule has 1 N–H and O–H groups in total. The van der Waals surface area contributed by atoms with E-state index in [1.807, 2.05) is 37.3 Å². The third kappa shape index (κ3) is 4.86. The van der Waals surface area contributed by atoms with E-state index < -0.39 is 10.0 Å². The Labute approximate surface area is 130 Å². The summed E-state index contributed by atoms with van der Waals surface area (Å²) in [6, 6.07) is 9.91. The number of alkyl halides is 1. The molecule has 1 unspecified atom stereocenters. The Hall–Kier alpha value is -0.390. The molecule has 1 fully saturated rings. The summed E-state index contributed by atoms with van der Waals surface area (Å²) in [5.41, 5.74) is 1.07. The first-order valence-electron chi connectivity index (χ1n) is 7.15. The fourth-order valence-corrected chi connectivity index (χ4v) is 4.90. The van der Waals surface area contributed by atoms with Crippen LogP contribution in [0.5, 0.6) is 0 Å². The van der Waals surface area contributed by atoms with Crippen LogP contribution in [-0.2, 0) is 10.0 Å². The molecule has 1 aromatic carbocycles. The summed E-state index contributed by atoms with van der Waals surface area (Å²) in [4.78, 5) is 0.548. The molecule has 0 spiro atoms. The maximum Gasteiger partial charge on any atom is 0.212 e. The van der Waals surface area contributed by atoms with E-state index in [1.54, 1.807) is 0 Å². The van der Waals surface area contributed by atoms with Crippen LogP contribution < -0.4 is 4.72 Å². The molecule has 0 radical (unpaired) electrons. The molecule has 1 aromatic rings. The molecule has 0 amide bonds. The predicted molar refractivity (Wildman–Crippen MR) is 86.8 cm³/mol. The first kappa shape index (κ1) is 16.0. The first-order valence-corrected chi connectivity index (χ1v) is 9.72. The Balaban J connectivity index is 1.91. The van der Waals surface area contributed by atoms with Gasteiger partial charge in [0, 0.05) is 10.9 Å². The monoisotopic (exact) mass is 359 g/mol. The van der Waals surface area contributed by atoms with Crippen LogP contribution in [0.2, 0.25) is 0 Å². The van der Waals surface area contributed by atoms with Crippen molar-refractivity contribution in [1.82, 2.24) is 4.72 Å². The fraction of sp³-hybridized carbons (Fsp3) is 0.600. The molecule has 1 aliphatic carbocycles. The smallest absolute Gasteiger partial charge is 0.212 e. The van der Waals surface area contributed by atoms with Gasteiger partial charge < -0.3 is 0 Å². The van der Waals surface area contributed by atoms with Crippen molar-refractivity contribution in [2.75, 3.05) is 5.75 Å². The minimum atomic E-state index is -3.21. The molecular weight excluding hydrogens is 338 g/mol. The van der Waals surface area contributed by atoms with Gasteiger partial charge in [-0.1, -0.05) is 53.2 Å². The fourth-order valence-electron chi connectivity index (χ4n) is 2.68. The molecule has 0 aliphatic heterocycles. The number of sulfonamides is 1. The van der Waals surface area contributed by atoms with Crippen molar-refractivity contribution in [2.24, 2.45) is 0 Å². The molecule has 0 saturated heterocycles. The van der Waals surface area contributed by atoms with Gasteiger partial charge in [-0.25, -0.2) is 13.1 Å². The van der Waals surface area contributed by atoms with Crippen LogP contribution in [0.25, 0.3) is 0 Å². The summed E-state index contributed by atoms with van der Waals surface area (Å²) in [6.07, 6.45) is 3.94. The van der Waals surface area contributed by atoms with Gasteiger partial charge in [-0.3, -0.25) is 0 Å². The lowest BCUT2D eigenvalue weighted by molar-refractivity contribution is 0.422. The van der Waals surface area contributed by atoms with Gasteiger partial charge in [0.15, 0.2) is 0 Å². The third-order valence-electron chi connectivity index (χ3n) is 3.84. The van der Waals surface area contributed by atoms with Crippen molar-refractivity contribution in [3.8, 4) is 0 Å². The summed E-state index contributed by atoms with van der Waals surface area (Å²) in [6.45, 7) is 1.96. The van der Waals surface area contributed by atoms with E-state index in [2.05, 4.69) is 20.7 Å². The maximum absolute atomic E-state index is 12.2. The van der Waals surface area contributed by atoms with Crippen LogP contribution in [0.3, 0.4) is 0 Å². The normalized spacial score (nSPS) is 25.3. The molecule has 1 saturated carbocycles. The largest absolute Gasteiger partial charge is 0.212 e. The van der Waals surface area contributed by atoms with Crippen LogP contribution in [0.4, 0.5) is 0 Å². The summed E-state index contributed by atoms with van der Waals surface area (Å²) in [5, 5.41) is 0. The third-order valence-corrected chi connectivity index (χ3v) is 6.39. The molecule has 0 aromatic heterocycles. The molecule has 2 rings (SSSR count). The second-order valence-corrected chi connectivity index (χ2v) is 8.75. The van der Waals surface area contributed by atoms with Gasteiger partial charge >= 0.3 is 0 Å². The highest BCUT2D eigenvalue weighted by molar-refractivity contribution is 9.09. The number of rotatable bonds is 5. The average molecular weight is 360 g/mol. The Morgan fingerprint density at radius 3 is 2.40 bits per heavy atom. The van der Waals surface area contributed by atoms with Crippen LogP contribution in [0.15, 0.2) is 30.3 Å². The number of nitrogens with one attached hydrogen (secondary N) is 1. The minimum Gasteiger partial charge on any atom is -0.212 e. The molecule has 0 heterocycles. The summed E-state index contributed by atoms with van der Waals surface area (Å²) in [5.74, 6) is 0.173. The van der Waals surface area contributed by atoms with Crippen molar-refractivity contribution >= 4 is 26.0 Å². The second kappa shape index (κ2) is 7.05. The highest BCUT2D eigenvalue weighted by Crippen LogP contribution is 2.25. The molecule has 0 bridgehead atoms. The van der Waals surface area contributed by atoms with Crippen LogP contribution in [-0.4, -0.2) is 25.0 Å². The summed E-state index contributed by atoms with van der Waals surface area (Å²) >= 11 is 3.59. The van der Waals surface area contributed by atoms with Crippen molar-refractivity contribution in [3.63, 3.8) is 0 Å². The van der Waals surface area contributed by atoms with Gasteiger partial charge in [-0.05, 0) is 37.2 Å². The molecule has 5 heteroatoms. The Morgan fingerprint density at radius 2 is 1.80 bits per heavy atom. The molecule has 112 valence electrons. The lowest BCUT2D eigenvalue weighted by Gasteiger charge is -2.26.